The van der Waals surface area contributed by atoms with Crippen LogP contribution in [0.3, 0.4) is 0 Å². The zero-order chi connectivity index (χ0) is 10.7. The van der Waals surface area contributed by atoms with E-state index in [-0.39, 0.29) is 5.89 Å². The maximum atomic E-state index is 11.1. The van der Waals surface area contributed by atoms with Crippen molar-refractivity contribution >= 4 is 5.91 Å². The molecule has 2 heterocycles. The minimum absolute atomic E-state index is 0.0516. The second-order valence-corrected chi connectivity index (χ2v) is 2.74. The molecular weight excluding hydrogens is 196 g/mol. The average molecular weight is 204 g/mol. The van der Waals surface area contributed by atoms with E-state index < -0.39 is 5.91 Å². The molecule has 0 aliphatic heterocycles. The Hall–Kier alpha value is -2.24. The molecule has 6 nitrogen and oxygen atoms in total. The summed E-state index contributed by atoms with van der Waals surface area (Å²) >= 11 is 0. The number of nitrogens with one attached hydrogen (secondary N) is 1. The highest BCUT2D eigenvalue weighted by Crippen LogP contribution is 2.13. The average Bonchev–Trinajstić information content (AvgIpc) is 2.78. The summed E-state index contributed by atoms with van der Waals surface area (Å²) in [4.78, 5) is 18.9. The summed E-state index contributed by atoms with van der Waals surface area (Å²) in [6, 6.07) is 3.47. The molecular formula is C9H8N4O2. The highest BCUT2D eigenvalue weighted by molar-refractivity contribution is 5.89. The number of carbonyl (C=O) groups is 1. The van der Waals surface area contributed by atoms with Gasteiger partial charge in [0.1, 0.15) is 0 Å². The van der Waals surface area contributed by atoms with E-state index in [1.165, 1.54) is 7.05 Å². The van der Waals surface area contributed by atoms with E-state index in [2.05, 4.69) is 20.4 Å². The molecule has 0 aromatic carbocycles. The van der Waals surface area contributed by atoms with Crippen LogP contribution in [0.4, 0.5) is 0 Å². The number of carbonyl (C=O) groups excluding carboxylic acids is 1. The first kappa shape index (κ1) is 9.32. The second kappa shape index (κ2) is 3.87. The zero-order valence-electron chi connectivity index (χ0n) is 7.97. The standard InChI is InChI=1S/C9H8N4O2/c1-10-8(14)9-12-7(13-15-9)6-2-4-11-5-3-6/h2-5H,1H3,(H,10,14). The van der Waals surface area contributed by atoms with Crippen molar-refractivity contribution in [1.82, 2.24) is 20.4 Å². The lowest BCUT2D eigenvalue weighted by molar-refractivity contribution is 0.0919. The van der Waals surface area contributed by atoms with Gasteiger partial charge < -0.3 is 9.84 Å². The van der Waals surface area contributed by atoms with Crippen molar-refractivity contribution in [3.63, 3.8) is 0 Å². The van der Waals surface area contributed by atoms with Gasteiger partial charge in [-0.15, -0.1) is 0 Å². The third kappa shape index (κ3) is 1.83. The van der Waals surface area contributed by atoms with E-state index in [1.807, 2.05) is 0 Å². The van der Waals surface area contributed by atoms with Crippen molar-refractivity contribution in [2.24, 2.45) is 0 Å². The maximum absolute atomic E-state index is 11.1. The van der Waals surface area contributed by atoms with E-state index in [0.29, 0.717) is 5.82 Å². The van der Waals surface area contributed by atoms with Gasteiger partial charge in [0.15, 0.2) is 0 Å². The molecule has 0 fully saturated rings. The number of aromatic nitrogens is 3. The Morgan fingerprint density at radius 2 is 2.13 bits per heavy atom. The van der Waals surface area contributed by atoms with Gasteiger partial charge in [0, 0.05) is 25.0 Å². The van der Waals surface area contributed by atoms with Crippen LogP contribution in [0.5, 0.6) is 0 Å². The van der Waals surface area contributed by atoms with Gasteiger partial charge in [0.05, 0.1) is 0 Å². The Labute approximate surface area is 85.3 Å². The molecule has 0 aliphatic rings. The van der Waals surface area contributed by atoms with Crippen molar-refractivity contribution < 1.29 is 9.32 Å². The second-order valence-electron chi connectivity index (χ2n) is 2.74. The van der Waals surface area contributed by atoms with Gasteiger partial charge in [0.25, 0.3) is 0 Å². The molecule has 76 valence electrons. The van der Waals surface area contributed by atoms with Crippen LogP contribution in [0.15, 0.2) is 29.0 Å². The first-order valence-electron chi connectivity index (χ1n) is 4.27. The Morgan fingerprint density at radius 1 is 1.40 bits per heavy atom. The van der Waals surface area contributed by atoms with Crippen LogP contribution >= 0.6 is 0 Å². The molecule has 1 N–H and O–H groups in total. The Balaban J connectivity index is 2.32. The lowest BCUT2D eigenvalue weighted by Gasteiger charge is -1.90. The minimum atomic E-state index is -0.400. The minimum Gasteiger partial charge on any atom is -0.351 e. The maximum Gasteiger partial charge on any atom is 0.316 e. The van der Waals surface area contributed by atoms with Crippen LogP contribution in [-0.2, 0) is 0 Å². The quantitative estimate of drug-likeness (QED) is 0.769. The van der Waals surface area contributed by atoms with Gasteiger partial charge in [-0.1, -0.05) is 5.16 Å². The molecule has 0 aliphatic carbocycles. The largest absolute Gasteiger partial charge is 0.351 e. The fourth-order valence-corrected chi connectivity index (χ4v) is 1.04. The smallest absolute Gasteiger partial charge is 0.316 e. The van der Waals surface area contributed by atoms with E-state index in [1.54, 1.807) is 24.5 Å². The lowest BCUT2D eigenvalue weighted by atomic mass is 10.2. The Kier molecular flexibility index (Phi) is 2.40. The van der Waals surface area contributed by atoms with Crippen LogP contribution in [-0.4, -0.2) is 28.1 Å². The normalized spacial score (nSPS) is 9.93. The van der Waals surface area contributed by atoms with Gasteiger partial charge in [-0.05, 0) is 12.1 Å². The Bertz CT molecular complexity index is 466. The number of pyridine rings is 1. The summed E-state index contributed by atoms with van der Waals surface area (Å²) in [5.41, 5.74) is 0.754. The molecule has 0 atom stereocenters. The molecule has 0 radical (unpaired) electrons. The molecule has 1 amide bonds. The van der Waals surface area contributed by atoms with E-state index in [4.69, 9.17) is 4.52 Å². The fourth-order valence-electron chi connectivity index (χ4n) is 1.04. The van der Waals surface area contributed by atoms with Crippen molar-refractivity contribution in [1.29, 1.82) is 0 Å². The molecule has 6 heteroatoms. The van der Waals surface area contributed by atoms with E-state index in [0.717, 1.165) is 5.56 Å². The monoisotopic (exact) mass is 204 g/mol. The van der Waals surface area contributed by atoms with Gasteiger partial charge >= 0.3 is 11.8 Å². The molecule has 2 rings (SSSR count). The third-order valence-electron chi connectivity index (χ3n) is 1.79. The van der Waals surface area contributed by atoms with Gasteiger partial charge in [0.2, 0.25) is 5.82 Å². The summed E-state index contributed by atoms with van der Waals surface area (Å²) < 4.78 is 4.78. The Morgan fingerprint density at radius 3 is 2.80 bits per heavy atom. The van der Waals surface area contributed by atoms with Gasteiger partial charge in [-0.2, -0.15) is 4.98 Å². The zero-order valence-corrected chi connectivity index (χ0v) is 7.97. The van der Waals surface area contributed by atoms with Crippen molar-refractivity contribution in [3.8, 4) is 11.4 Å². The van der Waals surface area contributed by atoms with Crippen molar-refractivity contribution in [3.05, 3.63) is 30.4 Å². The van der Waals surface area contributed by atoms with Crippen LogP contribution in [0, 0.1) is 0 Å². The number of hydrogen-bond donors (Lipinski definition) is 1. The first-order chi connectivity index (χ1) is 7.31. The van der Waals surface area contributed by atoms with Crippen LogP contribution in [0.2, 0.25) is 0 Å². The topological polar surface area (TPSA) is 80.9 Å². The first-order valence-corrected chi connectivity index (χ1v) is 4.27. The highest BCUT2D eigenvalue weighted by Gasteiger charge is 2.13. The van der Waals surface area contributed by atoms with Crippen LogP contribution in [0.1, 0.15) is 10.7 Å². The highest BCUT2D eigenvalue weighted by atomic mass is 16.5. The lowest BCUT2D eigenvalue weighted by Crippen LogP contribution is -2.17. The summed E-state index contributed by atoms with van der Waals surface area (Å²) in [5, 5.41) is 6.08. The number of hydrogen-bond acceptors (Lipinski definition) is 5. The van der Waals surface area contributed by atoms with Crippen LogP contribution in [0.25, 0.3) is 11.4 Å². The van der Waals surface area contributed by atoms with E-state index >= 15 is 0 Å². The number of rotatable bonds is 2. The van der Waals surface area contributed by atoms with Crippen molar-refractivity contribution in [2.75, 3.05) is 7.05 Å². The predicted molar refractivity (Wildman–Crippen MR) is 50.9 cm³/mol. The molecule has 0 saturated carbocycles. The summed E-state index contributed by atoms with van der Waals surface area (Å²) in [7, 11) is 1.50. The van der Waals surface area contributed by atoms with Crippen molar-refractivity contribution in [2.45, 2.75) is 0 Å². The SMILES string of the molecule is CNC(=O)c1nc(-c2ccncc2)no1. The summed E-state index contributed by atoms with van der Waals surface area (Å²) in [6.07, 6.45) is 3.23. The van der Waals surface area contributed by atoms with Gasteiger partial charge in [-0.25, -0.2) is 0 Å². The summed E-state index contributed by atoms with van der Waals surface area (Å²) in [5.74, 6) is -0.0804. The molecule has 0 bridgehead atoms. The number of amides is 1. The number of nitrogens with zero attached hydrogens (tertiary/aromatic N) is 3. The van der Waals surface area contributed by atoms with E-state index in [9.17, 15) is 4.79 Å². The molecule has 2 aromatic rings. The fraction of sp³-hybridized carbons (Fsp3) is 0.111. The summed E-state index contributed by atoms with van der Waals surface area (Å²) in [6.45, 7) is 0. The third-order valence-corrected chi connectivity index (χ3v) is 1.79. The van der Waals surface area contributed by atoms with Gasteiger partial charge in [-0.3, -0.25) is 9.78 Å². The molecule has 0 saturated heterocycles. The molecule has 15 heavy (non-hydrogen) atoms. The predicted octanol–water partition coefficient (Wildman–Crippen LogP) is 0.491. The molecule has 2 aromatic heterocycles. The molecule has 0 unspecified atom stereocenters. The molecule has 0 spiro atoms. The van der Waals surface area contributed by atoms with Crippen LogP contribution < -0.4 is 5.32 Å².